The molecule has 1 aliphatic rings. The Bertz CT molecular complexity index is 437. The van der Waals surface area contributed by atoms with Crippen molar-refractivity contribution in [2.45, 2.75) is 19.9 Å². The molecule has 0 radical (unpaired) electrons. The van der Waals surface area contributed by atoms with Crippen molar-refractivity contribution in [3.05, 3.63) is 38.3 Å². The molecule has 2 rings (SSSR count). The Morgan fingerprint density at radius 3 is 2.88 bits per heavy atom. The van der Waals surface area contributed by atoms with Gasteiger partial charge >= 0.3 is 0 Å². The second-order valence-corrected chi connectivity index (χ2v) is 5.40. The molecule has 1 saturated carbocycles. The van der Waals surface area contributed by atoms with Crippen LogP contribution in [0.2, 0.25) is 0 Å². The van der Waals surface area contributed by atoms with Gasteiger partial charge in [0.25, 0.3) is 5.69 Å². The van der Waals surface area contributed by atoms with E-state index in [2.05, 4.69) is 28.2 Å². The number of nitro benzene ring substituents is 1. The van der Waals surface area contributed by atoms with E-state index in [9.17, 15) is 10.1 Å². The number of nitrogens with one attached hydrogen (secondary N) is 1. The molecular weight excluding hydrogens is 284 g/mol. The molecule has 1 aromatic rings. The summed E-state index contributed by atoms with van der Waals surface area (Å²) in [5.41, 5.74) is 1.07. The smallest absolute Gasteiger partial charge is 0.283 e. The van der Waals surface area contributed by atoms with Gasteiger partial charge in [-0.05, 0) is 46.3 Å². The van der Waals surface area contributed by atoms with Gasteiger partial charge in [-0.3, -0.25) is 10.1 Å². The van der Waals surface area contributed by atoms with E-state index in [4.69, 9.17) is 0 Å². The van der Waals surface area contributed by atoms with Crippen LogP contribution in [0, 0.1) is 22.0 Å². The van der Waals surface area contributed by atoms with Crippen molar-refractivity contribution in [1.82, 2.24) is 5.32 Å². The summed E-state index contributed by atoms with van der Waals surface area (Å²) < 4.78 is 0.585. The third kappa shape index (κ3) is 3.04. The average molecular weight is 299 g/mol. The Morgan fingerprint density at radius 1 is 1.59 bits per heavy atom. The fraction of sp³-hybridized carbons (Fsp3) is 0.500. The number of nitrogens with zero attached hydrogens (tertiary/aromatic N) is 1. The highest BCUT2D eigenvalue weighted by molar-refractivity contribution is 9.10. The van der Waals surface area contributed by atoms with Crippen LogP contribution < -0.4 is 5.32 Å². The minimum absolute atomic E-state index is 0.129. The lowest BCUT2D eigenvalue weighted by Gasteiger charge is -2.06. The zero-order valence-electron chi connectivity index (χ0n) is 9.65. The number of hydrogen-bond donors (Lipinski definition) is 1. The van der Waals surface area contributed by atoms with Crippen molar-refractivity contribution in [3.8, 4) is 0 Å². The first-order chi connectivity index (χ1) is 8.09. The van der Waals surface area contributed by atoms with Gasteiger partial charge in [0.1, 0.15) is 0 Å². The first-order valence-electron chi connectivity index (χ1n) is 5.72. The molecule has 0 spiro atoms. The Labute approximate surface area is 109 Å². The van der Waals surface area contributed by atoms with Gasteiger partial charge in [0.15, 0.2) is 0 Å². The van der Waals surface area contributed by atoms with Crippen LogP contribution in [-0.2, 0) is 6.54 Å². The molecule has 0 amide bonds. The van der Waals surface area contributed by atoms with E-state index in [1.165, 1.54) is 12.5 Å². The number of rotatable bonds is 5. The maximum absolute atomic E-state index is 10.8. The molecule has 92 valence electrons. The van der Waals surface area contributed by atoms with Gasteiger partial charge in [-0.25, -0.2) is 0 Å². The predicted molar refractivity (Wildman–Crippen MR) is 69.8 cm³/mol. The van der Waals surface area contributed by atoms with Gasteiger partial charge in [-0.2, -0.15) is 0 Å². The molecule has 2 unspecified atom stereocenters. The minimum Gasteiger partial charge on any atom is -0.312 e. The quantitative estimate of drug-likeness (QED) is 0.671. The molecule has 0 heterocycles. The van der Waals surface area contributed by atoms with E-state index in [0.717, 1.165) is 23.9 Å². The SMILES string of the molecule is CC1CC1CNCc1cccc([N+](=O)[O-])c1Br. The molecule has 1 aliphatic carbocycles. The Hall–Kier alpha value is -0.940. The van der Waals surface area contributed by atoms with E-state index in [-0.39, 0.29) is 10.6 Å². The van der Waals surface area contributed by atoms with E-state index in [1.54, 1.807) is 6.07 Å². The maximum Gasteiger partial charge on any atom is 0.283 e. The fourth-order valence-electron chi connectivity index (χ4n) is 1.92. The van der Waals surface area contributed by atoms with Crippen molar-refractivity contribution in [2.24, 2.45) is 11.8 Å². The first-order valence-corrected chi connectivity index (χ1v) is 6.51. The van der Waals surface area contributed by atoms with Crippen LogP contribution >= 0.6 is 15.9 Å². The molecule has 0 bridgehead atoms. The van der Waals surface area contributed by atoms with Crippen LogP contribution in [0.5, 0.6) is 0 Å². The zero-order valence-corrected chi connectivity index (χ0v) is 11.2. The van der Waals surface area contributed by atoms with E-state index < -0.39 is 0 Å². The number of nitro groups is 1. The lowest BCUT2D eigenvalue weighted by atomic mass is 10.2. The summed E-state index contributed by atoms with van der Waals surface area (Å²) in [7, 11) is 0. The van der Waals surface area contributed by atoms with E-state index in [1.807, 2.05) is 6.07 Å². The van der Waals surface area contributed by atoms with Crippen LogP contribution in [0.25, 0.3) is 0 Å². The highest BCUT2D eigenvalue weighted by atomic mass is 79.9. The molecule has 0 aromatic heterocycles. The zero-order chi connectivity index (χ0) is 12.4. The summed E-state index contributed by atoms with van der Waals surface area (Å²) in [4.78, 5) is 10.4. The molecule has 1 N–H and O–H groups in total. The predicted octanol–water partition coefficient (Wildman–Crippen LogP) is 3.10. The number of hydrogen-bond acceptors (Lipinski definition) is 3. The van der Waals surface area contributed by atoms with E-state index in [0.29, 0.717) is 11.0 Å². The van der Waals surface area contributed by atoms with Gasteiger partial charge in [0.05, 0.1) is 9.40 Å². The summed E-state index contributed by atoms with van der Waals surface area (Å²) in [6.07, 6.45) is 1.29. The summed E-state index contributed by atoms with van der Waals surface area (Å²) in [5.74, 6) is 1.61. The molecule has 2 atom stereocenters. The molecular formula is C12H15BrN2O2. The molecule has 0 saturated heterocycles. The third-order valence-corrected chi connectivity index (χ3v) is 4.17. The van der Waals surface area contributed by atoms with Gasteiger partial charge in [0, 0.05) is 12.6 Å². The Balaban J connectivity index is 1.95. The van der Waals surface area contributed by atoms with Crippen LogP contribution in [0.3, 0.4) is 0 Å². The van der Waals surface area contributed by atoms with Crippen molar-refractivity contribution < 1.29 is 4.92 Å². The number of halogens is 1. The van der Waals surface area contributed by atoms with Crippen molar-refractivity contribution in [2.75, 3.05) is 6.54 Å². The van der Waals surface area contributed by atoms with Crippen LogP contribution in [-0.4, -0.2) is 11.5 Å². The van der Waals surface area contributed by atoms with Gasteiger partial charge in [-0.1, -0.05) is 19.1 Å². The van der Waals surface area contributed by atoms with Gasteiger partial charge in [0.2, 0.25) is 0 Å². The topological polar surface area (TPSA) is 55.2 Å². The molecule has 1 fully saturated rings. The molecule has 0 aliphatic heterocycles. The molecule has 1 aromatic carbocycles. The van der Waals surface area contributed by atoms with Crippen molar-refractivity contribution in [3.63, 3.8) is 0 Å². The minimum atomic E-state index is -0.365. The monoisotopic (exact) mass is 298 g/mol. The van der Waals surface area contributed by atoms with Crippen molar-refractivity contribution in [1.29, 1.82) is 0 Å². The summed E-state index contributed by atoms with van der Waals surface area (Å²) in [6.45, 7) is 3.91. The summed E-state index contributed by atoms with van der Waals surface area (Å²) in [6, 6.07) is 5.14. The lowest BCUT2D eigenvalue weighted by molar-refractivity contribution is -0.385. The number of benzene rings is 1. The van der Waals surface area contributed by atoms with Crippen LogP contribution in [0.15, 0.2) is 22.7 Å². The highest BCUT2D eigenvalue weighted by Gasteiger charge is 2.31. The van der Waals surface area contributed by atoms with Gasteiger partial charge in [-0.15, -0.1) is 0 Å². The second-order valence-electron chi connectivity index (χ2n) is 4.61. The fourth-order valence-corrected chi connectivity index (χ4v) is 2.47. The molecule has 5 heteroatoms. The Morgan fingerprint density at radius 2 is 2.29 bits per heavy atom. The highest BCUT2D eigenvalue weighted by Crippen LogP contribution is 2.37. The average Bonchev–Trinajstić information content (AvgIpc) is 2.97. The Kier molecular flexibility index (Phi) is 3.79. The molecule has 4 nitrogen and oxygen atoms in total. The summed E-state index contributed by atoms with van der Waals surface area (Å²) >= 11 is 3.29. The van der Waals surface area contributed by atoms with Crippen LogP contribution in [0.1, 0.15) is 18.9 Å². The normalized spacial score (nSPS) is 22.5. The second kappa shape index (κ2) is 5.14. The lowest BCUT2D eigenvalue weighted by Crippen LogP contribution is -2.17. The maximum atomic E-state index is 10.8. The largest absolute Gasteiger partial charge is 0.312 e. The van der Waals surface area contributed by atoms with Crippen LogP contribution in [0.4, 0.5) is 5.69 Å². The van der Waals surface area contributed by atoms with Crippen molar-refractivity contribution >= 4 is 21.6 Å². The first kappa shape index (κ1) is 12.5. The van der Waals surface area contributed by atoms with E-state index >= 15 is 0 Å². The third-order valence-electron chi connectivity index (χ3n) is 3.25. The molecule has 17 heavy (non-hydrogen) atoms. The standard InChI is InChI=1S/C12H15BrN2O2/c1-8-5-10(8)7-14-6-9-3-2-4-11(12(9)13)15(16)17/h2-4,8,10,14H,5-7H2,1H3. The van der Waals surface area contributed by atoms with Gasteiger partial charge < -0.3 is 5.32 Å². The summed E-state index contributed by atoms with van der Waals surface area (Å²) in [5, 5.41) is 14.1.